The molecule has 0 saturated carbocycles. The molecule has 0 radical (unpaired) electrons. The van der Waals surface area contributed by atoms with Crippen LogP contribution in [0.5, 0.6) is 0 Å². The predicted octanol–water partition coefficient (Wildman–Crippen LogP) is 6.10. The molecule has 8 nitrogen and oxygen atoms in total. The molecule has 4 atom stereocenters. The minimum absolute atomic E-state index is 0.122. The maximum absolute atomic E-state index is 12.2. The first-order valence-corrected chi connectivity index (χ1v) is 25.7. The summed E-state index contributed by atoms with van der Waals surface area (Å²) in [6.07, 6.45) is 2.06. The summed E-state index contributed by atoms with van der Waals surface area (Å²) in [5.41, 5.74) is -0.244. The van der Waals surface area contributed by atoms with Crippen molar-refractivity contribution in [2.75, 3.05) is 0 Å². The average molecular weight is 581 g/mol. The zero-order valence-corrected chi connectivity index (χ0v) is 29.1. The fourth-order valence-corrected chi connectivity index (χ4v) is 21.0. The zero-order valence-electron chi connectivity index (χ0n) is 25.1. The summed E-state index contributed by atoms with van der Waals surface area (Å²) in [6.45, 7) is 28.8. The molecule has 0 rings (SSSR count). The van der Waals surface area contributed by atoms with E-state index in [1.807, 2.05) is 13.8 Å². The highest BCUT2D eigenvalue weighted by Crippen LogP contribution is 2.24. The van der Waals surface area contributed by atoms with Gasteiger partial charge in [0.1, 0.15) is 0 Å². The van der Waals surface area contributed by atoms with Crippen LogP contribution in [-0.2, 0) is 36.8 Å². The van der Waals surface area contributed by atoms with Gasteiger partial charge in [-0.1, -0.05) is 13.8 Å². The molecule has 0 aliphatic carbocycles. The first-order chi connectivity index (χ1) is 16.1. The normalized spacial score (nSPS) is 16.9. The van der Waals surface area contributed by atoms with Crippen LogP contribution in [0.15, 0.2) is 12.2 Å². The molecule has 0 bridgehead atoms. The summed E-state index contributed by atoms with van der Waals surface area (Å²) in [5.74, 6) is -1.37. The quantitative estimate of drug-likeness (QED) is 0.0936. The van der Waals surface area contributed by atoms with Crippen LogP contribution in [0.2, 0.25) is 65.5 Å². The van der Waals surface area contributed by atoms with Gasteiger partial charge in [0, 0.05) is 12.2 Å². The Hall–Kier alpha value is -0.612. The van der Waals surface area contributed by atoms with E-state index >= 15 is 0 Å². The number of carbonyl (C=O) groups is 2. The Kier molecular flexibility index (Phi) is 14.3. The Morgan fingerprint density at radius 3 is 1.11 bits per heavy atom. The molecule has 0 spiro atoms. The molecule has 0 fully saturated rings. The lowest BCUT2D eigenvalue weighted by Gasteiger charge is -2.38. The molecule has 0 aromatic rings. The third-order valence-corrected chi connectivity index (χ3v) is 18.4. The summed E-state index contributed by atoms with van der Waals surface area (Å²) >= 11 is 0. The van der Waals surface area contributed by atoms with Crippen LogP contribution in [0.1, 0.15) is 40.5 Å². The van der Waals surface area contributed by atoms with Crippen LogP contribution in [-0.4, -0.2) is 69.2 Å². The van der Waals surface area contributed by atoms with Gasteiger partial charge in [0.2, 0.25) is 29.2 Å². The zero-order chi connectivity index (χ0) is 28.5. The molecule has 0 saturated heterocycles. The van der Waals surface area contributed by atoms with Crippen LogP contribution in [0.4, 0.5) is 0 Å². The highest BCUT2D eigenvalue weighted by atomic mass is 28.4. The Morgan fingerprint density at radius 2 is 0.889 bits per heavy atom. The van der Waals surface area contributed by atoms with Crippen molar-refractivity contribution in [3.63, 3.8) is 0 Å². The second-order valence-electron chi connectivity index (χ2n) is 12.0. The van der Waals surface area contributed by atoms with Gasteiger partial charge in [0.15, 0.2) is 16.6 Å². The molecular formula is C24H52O8Si4. The molecule has 0 N–H and O–H groups in total. The van der Waals surface area contributed by atoms with Crippen molar-refractivity contribution >= 4 is 45.2 Å². The molecule has 4 unspecified atom stereocenters. The van der Waals surface area contributed by atoms with Crippen molar-refractivity contribution in [3.05, 3.63) is 12.2 Å². The van der Waals surface area contributed by atoms with Crippen molar-refractivity contribution < 1.29 is 36.8 Å². The molecule has 0 aromatic heterocycles. The Balaban J connectivity index is 4.85. The van der Waals surface area contributed by atoms with Crippen molar-refractivity contribution in [2.45, 2.75) is 130 Å². The van der Waals surface area contributed by atoms with Gasteiger partial charge >= 0.3 is 11.9 Å². The molecule has 212 valence electrons. The number of carbonyl (C=O) groups excluding carboxylic acids is 2. The van der Waals surface area contributed by atoms with E-state index in [0.717, 1.165) is 25.0 Å². The lowest BCUT2D eigenvalue weighted by molar-refractivity contribution is -0.176. The van der Waals surface area contributed by atoms with Crippen molar-refractivity contribution in [2.24, 2.45) is 0 Å². The van der Waals surface area contributed by atoms with Crippen molar-refractivity contribution in [3.8, 4) is 0 Å². The second-order valence-corrected chi connectivity index (χ2v) is 29.8. The lowest BCUT2D eigenvalue weighted by Crippen LogP contribution is -2.53. The predicted molar refractivity (Wildman–Crippen MR) is 154 cm³/mol. The first kappa shape index (κ1) is 35.4. The highest BCUT2D eigenvalue weighted by molar-refractivity contribution is 6.85. The van der Waals surface area contributed by atoms with Gasteiger partial charge in [0.25, 0.3) is 0 Å². The van der Waals surface area contributed by atoms with E-state index in [-0.39, 0.29) is 11.5 Å². The van der Waals surface area contributed by atoms with E-state index in [2.05, 4.69) is 65.5 Å². The van der Waals surface area contributed by atoms with Crippen LogP contribution < -0.4 is 0 Å². The molecule has 36 heavy (non-hydrogen) atoms. The maximum atomic E-state index is 12.2. The summed E-state index contributed by atoms with van der Waals surface area (Å²) in [7, 11) is -7.74. The number of hydrogen-bond acceptors (Lipinski definition) is 8. The second kappa shape index (κ2) is 14.5. The number of rotatable bonds is 16. The molecule has 0 heterocycles. The lowest BCUT2D eigenvalue weighted by atomic mass is 10.5. The number of hydrogen-bond donors (Lipinski definition) is 0. The van der Waals surface area contributed by atoms with Gasteiger partial charge in [-0.2, -0.15) is 0 Å². The largest absolute Gasteiger partial charge is 0.454 e. The third-order valence-electron chi connectivity index (χ3n) is 5.06. The van der Waals surface area contributed by atoms with Gasteiger partial charge in [-0.15, -0.1) is 0 Å². The van der Waals surface area contributed by atoms with E-state index in [4.69, 9.17) is 27.2 Å². The summed E-state index contributed by atoms with van der Waals surface area (Å²) < 4.78 is 35.5. The summed E-state index contributed by atoms with van der Waals surface area (Å²) in [6, 6.07) is 0. The van der Waals surface area contributed by atoms with Crippen molar-refractivity contribution in [1.82, 2.24) is 0 Å². The van der Waals surface area contributed by atoms with Crippen molar-refractivity contribution in [1.29, 1.82) is 0 Å². The van der Waals surface area contributed by atoms with Crippen LogP contribution in [0.25, 0.3) is 0 Å². The Labute approximate surface area is 223 Å². The van der Waals surface area contributed by atoms with Crippen LogP contribution in [0.3, 0.4) is 0 Å². The molecule has 12 heteroatoms. The van der Waals surface area contributed by atoms with Gasteiger partial charge in [0.05, 0.1) is 11.5 Å². The fraction of sp³-hybridized carbons (Fsp3) is 0.833. The van der Waals surface area contributed by atoms with E-state index < -0.39 is 57.8 Å². The molecule has 0 aliphatic heterocycles. The van der Waals surface area contributed by atoms with Gasteiger partial charge in [-0.05, 0) is 92.2 Å². The topological polar surface area (TPSA) is 89.5 Å². The number of esters is 2. The van der Waals surface area contributed by atoms with E-state index in [9.17, 15) is 9.59 Å². The van der Waals surface area contributed by atoms with Gasteiger partial charge in [-0.25, -0.2) is 9.59 Å². The average Bonchev–Trinajstić information content (AvgIpc) is 2.64. The minimum atomic E-state index is -2.14. The van der Waals surface area contributed by atoms with Crippen LogP contribution >= 0.6 is 0 Å². The fourth-order valence-electron chi connectivity index (χ4n) is 4.27. The Bertz CT molecular complexity index is 669. The minimum Gasteiger partial charge on any atom is -0.454 e. The number of ether oxygens (including phenoxy) is 4. The SMILES string of the molecule is CCC(OC(C)OC(=O)/C=C/C(=O)OC(C)OC(CC)[Si](C)(C)O[Si](C)(C)C)[Si](C)(C)O[Si](C)(C)C. The monoisotopic (exact) mass is 580 g/mol. The summed E-state index contributed by atoms with van der Waals surface area (Å²) in [5, 5.41) is 0. The van der Waals surface area contributed by atoms with Gasteiger partial charge < -0.3 is 27.2 Å². The molecule has 0 aliphatic rings. The van der Waals surface area contributed by atoms with E-state index in [0.29, 0.717) is 0 Å². The standard InChI is InChI=1S/C24H52O8Si4/c1-15-23(35(11,12)31-33(5,6)7)29-19(3)27-21(25)17-18-22(26)28-20(4)30-24(16-2)36(13,14)32-34(8,9)10/h17-20,23-24H,15-16H2,1-14H3/b18-17+. The maximum Gasteiger partial charge on any atom is 0.333 e. The molecule has 0 amide bonds. The smallest absolute Gasteiger partial charge is 0.333 e. The molecular weight excluding hydrogens is 529 g/mol. The first-order valence-electron chi connectivity index (χ1n) is 12.9. The van der Waals surface area contributed by atoms with Crippen LogP contribution in [0, 0.1) is 0 Å². The van der Waals surface area contributed by atoms with E-state index in [1.165, 1.54) is 0 Å². The third kappa shape index (κ3) is 15.0. The molecule has 0 aromatic carbocycles. The highest BCUT2D eigenvalue weighted by Gasteiger charge is 2.40. The summed E-state index contributed by atoms with van der Waals surface area (Å²) in [4.78, 5) is 24.5. The van der Waals surface area contributed by atoms with E-state index in [1.54, 1.807) is 13.8 Å². The Morgan fingerprint density at radius 1 is 0.611 bits per heavy atom. The van der Waals surface area contributed by atoms with Gasteiger partial charge in [-0.3, -0.25) is 0 Å².